The second-order valence-electron chi connectivity index (χ2n) is 7.35. The monoisotopic (exact) mass is 400 g/mol. The van der Waals surface area contributed by atoms with E-state index in [4.69, 9.17) is 21.2 Å². The number of pyridine rings is 1. The average Bonchev–Trinajstić information content (AvgIpc) is 2.73. The van der Waals surface area contributed by atoms with Crippen LogP contribution in [0.4, 0.5) is 17.2 Å². The molecule has 0 amide bonds. The fraction of sp³-hybridized carbons (Fsp3) is 0.174. The lowest BCUT2D eigenvalue weighted by atomic mass is 10.1. The largest absolute Gasteiger partial charge is 0.487 e. The minimum Gasteiger partial charge on any atom is -0.487 e. The molecule has 0 spiro atoms. The summed E-state index contributed by atoms with van der Waals surface area (Å²) in [4.78, 5) is 15.5. The molecule has 0 unspecified atom stereocenters. The molecule has 0 aliphatic rings. The maximum atomic E-state index is 6.22. The van der Waals surface area contributed by atoms with Crippen LogP contribution in [0.15, 0.2) is 54.7 Å². The van der Waals surface area contributed by atoms with Gasteiger partial charge in [-0.1, -0.05) is 6.07 Å². The van der Waals surface area contributed by atoms with E-state index in [9.17, 15) is 0 Å². The lowest BCUT2D eigenvalue weighted by molar-refractivity contribution is 0.299. The number of fused-ring (bicyclic) bond motifs is 1. The summed E-state index contributed by atoms with van der Waals surface area (Å²) in [6, 6.07) is 15.4. The van der Waals surface area contributed by atoms with Crippen molar-refractivity contribution >= 4 is 28.1 Å². The van der Waals surface area contributed by atoms with Gasteiger partial charge in [0.1, 0.15) is 18.2 Å². The Morgan fingerprint density at radius 3 is 2.53 bits per heavy atom. The standard InChI is InChI=1S/C23H24N6O/c1-14-10-15(7-8-21(14)30-13-16-6-4-5-9-26-16)23-27-19-12-20(29(2)3)18(24)11-17(19)22(25)28-23/h4-12H,13,24H2,1-3H3,(H2,25,27,28). The van der Waals surface area contributed by atoms with Gasteiger partial charge in [0.05, 0.1) is 22.6 Å². The molecule has 0 atom stereocenters. The van der Waals surface area contributed by atoms with E-state index in [0.717, 1.165) is 39.2 Å². The van der Waals surface area contributed by atoms with Gasteiger partial charge in [0.2, 0.25) is 0 Å². The van der Waals surface area contributed by atoms with E-state index >= 15 is 0 Å². The topological polar surface area (TPSA) is 103 Å². The fourth-order valence-electron chi connectivity index (χ4n) is 3.31. The van der Waals surface area contributed by atoms with E-state index in [1.807, 2.05) is 74.4 Å². The van der Waals surface area contributed by atoms with Crippen molar-refractivity contribution in [3.05, 3.63) is 66.0 Å². The van der Waals surface area contributed by atoms with E-state index in [1.54, 1.807) is 6.20 Å². The number of ether oxygens (including phenoxy) is 1. The lowest BCUT2D eigenvalue weighted by Crippen LogP contribution is -2.11. The lowest BCUT2D eigenvalue weighted by Gasteiger charge is -2.16. The maximum Gasteiger partial charge on any atom is 0.162 e. The molecule has 4 N–H and O–H groups in total. The van der Waals surface area contributed by atoms with Gasteiger partial charge in [-0.25, -0.2) is 9.97 Å². The number of benzene rings is 2. The number of aryl methyl sites for hydroxylation is 1. The smallest absolute Gasteiger partial charge is 0.162 e. The molecule has 0 bridgehead atoms. The van der Waals surface area contributed by atoms with Crippen LogP contribution in [-0.4, -0.2) is 29.0 Å². The molecule has 0 fully saturated rings. The van der Waals surface area contributed by atoms with Crippen molar-refractivity contribution < 1.29 is 4.74 Å². The Bertz CT molecular complexity index is 1210. The van der Waals surface area contributed by atoms with Crippen LogP contribution in [0.2, 0.25) is 0 Å². The van der Waals surface area contributed by atoms with E-state index in [0.29, 0.717) is 23.9 Å². The molecular weight excluding hydrogens is 376 g/mol. The molecule has 7 nitrogen and oxygen atoms in total. The van der Waals surface area contributed by atoms with E-state index in [-0.39, 0.29) is 0 Å². The average molecular weight is 400 g/mol. The number of nitrogens with two attached hydrogens (primary N) is 2. The van der Waals surface area contributed by atoms with Crippen molar-refractivity contribution in [2.45, 2.75) is 13.5 Å². The van der Waals surface area contributed by atoms with Crippen LogP contribution in [0.5, 0.6) is 5.75 Å². The minimum atomic E-state index is 0.403. The Hall–Kier alpha value is -3.87. The van der Waals surface area contributed by atoms with Crippen LogP contribution >= 0.6 is 0 Å². The molecule has 7 heteroatoms. The highest BCUT2D eigenvalue weighted by atomic mass is 16.5. The minimum absolute atomic E-state index is 0.403. The van der Waals surface area contributed by atoms with E-state index in [2.05, 4.69) is 9.97 Å². The highest BCUT2D eigenvalue weighted by Gasteiger charge is 2.13. The number of nitrogens with zero attached hydrogens (tertiary/aromatic N) is 4. The molecule has 4 rings (SSSR count). The molecule has 152 valence electrons. The van der Waals surface area contributed by atoms with Crippen LogP contribution in [0, 0.1) is 6.92 Å². The Morgan fingerprint density at radius 2 is 1.83 bits per heavy atom. The summed E-state index contributed by atoms with van der Waals surface area (Å²) in [5, 5.41) is 0.744. The predicted molar refractivity (Wildman–Crippen MR) is 121 cm³/mol. The summed E-state index contributed by atoms with van der Waals surface area (Å²) < 4.78 is 5.92. The second kappa shape index (κ2) is 7.87. The van der Waals surface area contributed by atoms with Crippen LogP contribution in [-0.2, 0) is 6.61 Å². The van der Waals surface area contributed by atoms with Crippen molar-refractivity contribution in [2.24, 2.45) is 0 Å². The molecule has 2 heterocycles. The fourth-order valence-corrected chi connectivity index (χ4v) is 3.31. The van der Waals surface area contributed by atoms with Gasteiger partial charge in [-0.2, -0.15) is 0 Å². The Kier molecular flexibility index (Phi) is 5.10. The third kappa shape index (κ3) is 3.82. The van der Waals surface area contributed by atoms with Crippen molar-refractivity contribution in [3.63, 3.8) is 0 Å². The predicted octanol–water partition coefficient (Wildman–Crippen LogP) is 3.81. The first-order valence-corrected chi connectivity index (χ1v) is 9.60. The van der Waals surface area contributed by atoms with Crippen LogP contribution in [0.1, 0.15) is 11.3 Å². The normalized spacial score (nSPS) is 10.9. The quantitative estimate of drug-likeness (QED) is 0.491. The second-order valence-corrected chi connectivity index (χ2v) is 7.35. The first-order valence-electron chi connectivity index (χ1n) is 9.60. The third-order valence-electron chi connectivity index (χ3n) is 4.89. The van der Waals surface area contributed by atoms with Gasteiger partial charge in [0.15, 0.2) is 5.82 Å². The molecule has 2 aromatic carbocycles. The van der Waals surface area contributed by atoms with Gasteiger partial charge in [0.25, 0.3) is 0 Å². The van der Waals surface area contributed by atoms with E-state index < -0.39 is 0 Å². The van der Waals surface area contributed by atoms with Gasteiger partial charge < -0.3 is 21.1 Å². The first-order chi connectivity index (χ1) is 14.4. The molecule has 4 aromatic rings. The van der Waals surface area contributed by atoms with Gasteiger partial charge >= 0.3 is 0 Å². The zero-order chi connectivity index (χ0) is 21.3. The van der Waals surface area contributed by atoms with Gasteiger partial charge in [-0.3, -0.25) is 4.98 Å². The molecule has 0 saturated carbocycles. The first kappa shape index (κ1) is 19.4. The van der Waals surface area contributed by atoms with Gasteiger partial charge in [0, 0.05) is 31.2 Å². The number of hydrogen-bond acceptors (Lipinski definition) is 7. The van der Waals surface area contributed by atoms with Crippen LogP contribution in [0.25, 0.3) is 22.3 Å². The van der Waals surface area contributed by atoms with Gasteiger partial charge in [-0.05, 0) is 55.0 Å². The summed E-state index contributed by atoms with van der Waals surface area (Å²) >= 11 is 0. The molecule has 30 heavy (non-hydrogen) atoms. The summed E-state index contributed by atoms with van der Waals surface area (Å²) in [6.45, 7) is 2.40. The maximum absolute atomic E-state index is 6.22. The number of nitrogen functional groups attached to an aromatic ring is 2. The summed E-state index contributed by atoms with van der Waals surface area (Å²) in [5.41, 5.74) is 17.4. The van der Waals surface area contributed by atoms with Gasteiger partial charge in [-0.15, -0.1) is 0 Å². The van der Waals surface area contributed by atoms with Crippen molar-refractivity contribution in [3.8, 4) is 17.1 Å². The zero-order valence-electron chi connectivity index (χ0n) is 17.3. The number of hydrogen-bond donors (Lipinski definition) is 2. The molecule has 0 saturated heterocycles. The Balaban J connectivity index is 1.66. The SMILES string of the molecule is Cc1cc(-c2nc(N)c3cc(N)c(N(C)C)cc3n2)ccc1OCc1ccccn1. The molecule has 0 aliphatic carbocycles. The van der Waals surface area contributed by atoms with Crippen molar-refractivity contribution in [1.29, 1.82) is 0 Å². The Labute approximate surface area is 175 Å². The highest BCUT2D eigenvalue weighted by molar-refractivity contribution is 5.96. The van der Waals surface area contributed by atoms with Crippen LogP contribution in [0.3, 0.4) is 0 Å². The zero-order valence-corrected chi connectivity index (χ0v) is 17.3. The molecular formula is C23H24N6O. The molecule has 0 aliphatic heterocycles. The Morgan fingerprint density at radius 1 is 1.00 bits per heavy atom. The van der Waals surface area contributed by atoms with E-state index in [1.165, 1.54) is 0 Å². The highest BCUT2D eigenvalue weighted by Crippen LogP contribution is 2.32. The number of aromatic nitrogens is 3. The number of anilines is 3. The van der Waals surface area contributed by atoms with Crippen LogP contribution < -0.4 is 21.1 Å². The molecule has 2 aromatic heterocycles. The molecule has 0 radical (unpaired) electrons. The number of rotatable bonds is 5. The summed E-state index contributed by atoms with van der Waals surface area (Å²) in [6.07, 6.45) is 1.76. The van der Waals surface area contributed by atoms with Crippen molar-refractivity contribution in [1.82, 2.24) is 15.0 Å². The summed E-state index contributed by atoms with van der Waals surface area (Å²) in [5.74, 6) is 1.76. The third-order valence-corrected chi connectivity index (χ3v) is 4.89. The van der Waals surface area contributed by atoms with Crippen molar-refractivity contribution in [2.75, 3.05) is 30.5 Å². The summed E-state index contributed by atoms with van der Waals surface area (Å²) in [7, 11) is 3.88.